The van der Waals surface area contributed by atoms with Gasteiger partial charge in [-0.25, -0.2) is 0 Å². The van der Waals surface area contributed by atoms with Gasteiger partial charge >= 0.3 is 6.01 Å². The van der Waals surface area contributed by atoms with Gasteiger partial charge in [0.05, 0.1) is 0 Å². The number of fused-ring (bicyclic) bond motifs is 1. The summed E-state index contributed by atoms with van der Waals surface area (Å²) in [5.74, 6) is 0.662. The number of benzene rings is 2. The highest BCUT2D eigenvalue weighted by Crippen LogP contribution is 2.28. The molecule has 0 fully saturated rings. The summed E-state index contributed by atoms with van der Waals surface area (Å²) in [7, 11) is 0. The van der Waals surface area contributed by atoms with Crippen molar-refractivity contribution in [1.29, 1.82) is 0 Å². The molecule has 2 aromatic carbocycles. The van der Waals surface area contributed by atoms with Crippen LogP contribution in [0.2, 0.25) is 5.28 Å². The Hall–Kier alpha value is -2.40. The highest BCUT2D eigenvalue weighted by Gasteiger charge is 2.07. The molecule has 0 spiro atoms. The van der Waals surface area contributed by atoms with Crippen LogP contribution in [0.4, 0.5) is 5.95 Å². The third-order valence-electron chi connectivity index (χ3n) is 2.56. The second-order valence-electron chi connectivity index (χ2n) is 3.82. The van der Waals surface area contributed by atoms with Crippen LogP contribution in [-0.4, -0.2) is 15.0 Å². The molecular weight excluding hydrogens is 264 g/mol. The number of halogens is 1. The Bertz CT molecular complexity index is 722. The minimum Gasteiger partial charge on any atom is -0.423 e. The fourth-order valence-corrected chi connectivity index (χ4v) is 1.93. The van der Waals surface area contributed by atoms with Gasteiger partial charge in [0, 0.05) is 5.39 Å². The molecule has 94 valence electrons. The van der Waals surface area contributed by atoms with Crippen LogP contribution < -0.4 is 10.5 Å². The summed E-state index contributed by atoms with van der Waals surface area (Å²) in [6.07, 6.45) is 0. The van der Waals surface area contributed by atoms with Gasteiger partial charge < -0.3 is 10.5 Å². The van der Waals surface area contributed by atoms with E-state index < -0.39 is 0 Å². The average molecular weight is 273 g/mol. The topological polar surface area (TPSA) is 73.9 Å². The number of hydrogen-bond acceptors (Lipinski definition) is 5. The van der Waals surface area contributed by atoms with Crippen molar-refractivity contribution in [2.45, 2.75) is 0 Å². The van der Waals surface area contributed by atoms with Crippen molar-refractivity contribution in [2.75, 3.05) is 5.73 Å². The van der Waals surface area contributed by atoms with Crippen LogP contribution in [0.25, 0.3) is 10.8 Å². The van der Waals surface area contributed by atoms with E-state index in [-0.39, 0.29) is 17.2 Å². The number of nitrogens with two attached hydrogens (primary N) is 1. The summed E-state index contributed by atoms with van der Waals surface area (Å²) in [5.41, 5.74) is 5.50. The average Bonchev–Trinajstić information content (AvgIpc) is 2.38. The fourth-order valence-electron chi connectivity index (χ4n) is 1.78. The molecule has 1 heterocycles. The Morgan fingerprint density at radius 3 is 2.58 bits per heavy atom. The van der Waals surface area contributed by atoms with Gasteiger partial charge in [0.25, 0.3) is 0 Å². The molecule has 3 aromatic rings. The molecule has 0 amide bonds. The number of nitrogens with zero attached hydrogens (tertiary/aromatic N) is 3. The molecule has 0 atom stereocenters. The highest BCUT2D eigenvalue weighted by molar-refractivity contribution is 6.28. The van der Waals surface area contributed by atoms with Crippen molar-refractivity contribution in [3.05, 3.63) is 47.7 Å². The van der Waals surface area contributed by atoms with Crippen molar-refractivity contribution < 1.29 is 4.74 Å². The predicted octanol–water partition coefficient (Wildman–Crippen LogP) is 3.05. The van der Waals surface area contributed by atoms with E-state index in [1.165, 1.54) is 0 Å². The number of aromatic nitrogens is 3. The third-order valence-corrected chi connectivity index (χ3v) is 2.72. The first-order valence-electron chi connectivity index (χ1n) is 5.55. The summed E-state index contributed by atoms with van der Waals surface area (Å²) >= 11 is 5.71. The van der Waals surface area contributed by atoms with E-state index in [2.05, 4.69) is 15.0 Å². The normalized spacial score (nSPS) is 10.6. The zero-order valence-corrected chi connectivity index (χ0v) is 10.5. The minimum atomic E-state index is 0.00253. The molecule has 0 radical (unpaired) electrons. The largest absolute Gasteiger partial charge is 0.423 e. The maximum atomic E-state index is 5.71. The van der Waals surface area contributed by atoms with E-state index in [4.69, 9.17) is 22.1 Å². The van der Waals surface area contributed by atoms with Crippen molar-refractivity contribution in [3.63, 3.8) is 0 Å². The van der Waals surface area contributed by atoms with Crippen LogP contribution in [-0.2, 0) is 0 Å². The summed E-state index contributed by atoms with van der Waals surface area (Å²) in [5, 5.41) is 2.02. The van der Waals surface area contributed by atoms with E-state index in [1.54, 1.807) is 0 Å². The number of nitrogen functional groups attached to an aromatic ring is 1. The summed E-state index contributed by atoms with van der Waals surface area (Å²) in [6.45, 7) is 0. The lowest BCUT2D eigenvalue weighted by Crippen LogP contribution is -2.00. The molecule has 0 aliphatic carbocycles. The maximum Gasteiger partial charge on any atom is 0.328 e. The first-order chi connectivity index (χ1) is 9.22. The van der Waals surface area contributed by atoms with Crippen LogP contribution in [0.1, 0.15) is 0 Å². The van der Waals surface area contributed by atoms with Gasteiger partial charge in [-0.2, -0.15) is 15.0 Å². The molecule has 0 aliphatic heterocycles. The monoisotopic (exact) mass is 272 g/mol. The van der Waals surface area contributed by atoms with Crippen LogP contribution in [0, 0.1) is 0 Å². The summed E-state index contributed by atoms with van der Waals surface area (Å²) < 4.78 is 5.63. The van der Waals surface area contributed by atoms with Gasteiger partial charge in [0.2, 0.25) is 11.2 Å². The zero-order valence-electron chi connectivity index (χ0n) is 9.75. The maximum absolute atomic E-state index is 5.71. The molecule has 2 N–H and O–H groups in total. The minimum absolute atomic E-state index is 0.00253. The second kappa shape index (κ2) is 4.70. The second-order valence-corrected chi connectivity index (χ2v) is 4.16. The molecule has 0 saturated heterocycles. The van der Waals surface area contributed by atoms with E-state index >= 15 is 0 Å². The first kappa shape index (κ1) is 11.7. The molecule has 3 rings (SSSR count). The lowest BCUT2D eigenvalue weighted by Gasteiger charge is -2.07. The Balaban J connectivity index is 2.05. The van der Waals surface area contributed by atoms with Crippen LogP contribution in [0.5, 0.6) is 11.8 Å². The van der Waals surface area contributed by atoms with Crippen LogP contribution >= 0.6 is 11.6 Å². The number of rotatable bonds is 2. The van der Waals surface area contributed by atoms with Gasteiger partial charge in [-0.3, -0.25) is 0 Å². The molecule has 5 nitrogen and oxygen atoms in total. The van der Waals surface area contributed by atoms with Crippen molar-refractivity contribution in [3.8, 4) is 11.8 Å². The van der Waals surface area contributed by atoms with E-state index in [9.17, 15) is 0 Å². The standard InChI is InChI=1S/C13H9ClN4O/c14-11-16-12(15)18-13(17-11)19-10-7-3-5-8-4-1-2-6-9(8)10/h1-7H,(H2,15,16,17,18). The molecule has 0 saturated carbocycles. The fraction of sp³-hybridized carbons (Fsp3) is 0. The Labute approximate surface area is 114 Å². The molecule has 1 aromatic heterocycles. The number of ether oxygens (including phenoxy) is 1. The van der Waals surface area contributed by atoms with E-state index in [0.717, 1.165) is 10.8 Å². The lowest BCUT2D eigenvalue weighted by molar-refractivity contribution is 0.445. The zero-order chi connectivity index (χ0) is 13.2. The Kier molecular flexibility index (Phi) is 2.89. The van der Waals surface area contributed by atoms with Gasteiger partial charge in [-0.15, -0.1) is 0 Å². The van der Waals surface area contributed by atoms with Crippen molar-refractivity contribution in [1.82, 2.24) is 15.0 Å². The SMILES string of the molecule is Nc1nc(Cl)nc(Oc2cccc3ccccc23)n1. The molecule has 19 heavy (non-hydrogen) atoms. The Morgan fingerprint density at radius 2 is 1.74 bits per heavy atom. The number of anilines is 1. The summed E-state index contributed by atoms with van der Waals surface area (Å²) in [4.78, 5) is 11.4. The van der Waals surface area contributed by atoms with E-state index in [0.29, 0.717) is 5.75 Å². The molecule has 6 heteroatoms. The first-order valence-corrected chi connectivity index (χ1v) is 5.93. The smallest absolute Gasteiger partial charge is 0.328 e. The van der Waals surface area contributed by atoms with Crippen LogP contribution in [0.3, 0.4) is 0 Å². The highest BCUT2D eigenvalue weighted by atomic mass is 35.5. The van der Waals surface area contributed by atoms with Crippen LogP contribution in [0.15, 0.2) is 42.5 Å². The van der Waals surface area contributed by atoms with E-state index in [1.807, 2.05) is 42.5 Å². The third kappa shape index (κ3) is 2.41. The van der Waals surface area contributed by atoms with Gasteiger partial charge in [-0.05, 0) is 23.1 Å². The van der Waals surface area contributed by atoms with Crippen molar-refractivity contribution >= 4 is 28.3 Å². The van der Waals surface area contributed by atoms with Gasteiger partial charge in [-0.1, -0.05) is 36.4 Å². The van der Waals surface area contributed by atoms with Gasteiger partial charge in [0.1, 0.15) is 5.75 Å². The lowest BCUT2D eigenvalue weighted by atomic mass is 10.1. The quantitative estimate of drug-likeness (QED) is 0.776. The molecule has 0 unspecified atom stereocenters. The van der Waals surface area contributed by atoms with Crippen molar-refractivity contribution in [2.24, 2.45) is 0 Å². The summed E-state index contributed by atoms with van der Waals surface area (Å²) in [6, 6.07) is 13.6. The van der Waals surface area contributed by atoms with Gasteiger partial charge in [0.15, 0.2) is 0 Å². The molecule has 0 aliphatic rings. The Morgan fingerprint density at radius 1 is 0.947 bits per heavy atom. The number of hydrogen-bond donors (Lipinski definition) is 1. The molecule has 0 bridgehead atoms. The molecular formula is C13H9ClN4O. The predicted molar refractivity (Wildman–Crippen MR) is 73.3 cm³/mol.